The molecule has 1 N–H and O–H groups in total. The van der Waals surface area contributed by atoms with Crippen molar-refractivity contribution in [1.29, 1.82) is 0 Å². The summed E-state index contributed by atoms with van der Waals surface area (Å²) < 4.78 is 18.1. The molecule has 0 aliphatic rings. The van der Waals surface area contributed by atoms with Crippen LogP contribution in [0.1, 0.15) is 0 Å². The second-order valence-corrected chi connectivity index (χ2v) is 13.0. The molecule has 0 saturated carbocycles. The predicted octanol–water partition coefficient (Wildman–Crippen LogP) is 6.71. The number of halogens is 1. The fourth-order valence-corrected chi connectivity index (χ4v) is 7.24. The highest BCUT2D eigenvalue weighted by atomic mass is 127. The maximum atomic E-state index is 12.8. The average molecular weight is 873 g/mol. The van der Waals surface area contributed by atoms with Gasteiger partial charge in [-0.15, -0.1) is 0 Å². The van der Waals surface area contributed by atoms with Crippen molar-refractivity contribution in [2.75, 3.05) is 4.93 Å². The van der Waals surface area contributed by atoms with Gasteiger partial charge in [-0.05, 0) is 77.7 Å². The Labute approximate surface area is 335 Å². The number of hydrogen-bond acceptors (Lipinski definition) is 8. The van der Waals surface area contributed by atoms with Gasteiger partial charge in [0.1, 0.15) is 0 Å². The molecule has 284 valence electrons. The number of benzene rings is 4. The lowest BCUT2D eigenvalue weighted by molar-refractivity contribution is 0.380. The number of nitrogens with one attached hydrogen (secondary N) is 1. The van der Waals surface area contributed by atoms with E-state index in [0.29, 0.717) is 17.2 Å². The lowest BCUT2D eigenvalue weighted by atomic mass is 10.1. The van der Waals surface area contributed by atoms with Crippen molar-refractivity contribution in [2.24, 2.45) is 21.1 Å². The molecule has 0 spiro atoms. The summed E-state index contributed by atoms with van der Waals surface area (Å²) in [6.07, 6.45) is 0. The van der Waals surface area contributed by atoms with E-state index >= 15 is 0 Å². The first-order chi connectivity index (χ1) is 27.7. The van der Waals surface area contributed by atoms with Gasteiger partial charge in [0.15, 0.2) is 11.6 Å². The summed E-state index contributed by atoms with van der Waals surface area (Å²) >= 11 is 2.15. The monoisotopic (exact) mass is 872 g/mol. The van der Waals surface area contributed by atoms with Crippen LogP contribution in [0, 0.1) is 0 Å². The van der Waals surface area contributed by atoms with Gasteiger partial charge in [0, 0.05) is 66.5 Å². The Morgan fingerprint density at radius 1 is 0.509 bits per heavy atom. The van der Waals surface area contributed by atoms with Gasteiger partial charge in [-0.1, -0.05) is 69.3 Å². The van der Waals surface area contributed by atoms with Gasteiger partial charge in [0.25, 0.3) is 11.1 Å². The number of hydrogen-bond donors (Lipinski definition) is 1. The smallest absolute Gasteiger partial charge is 0.342 e. The number of aromatic amines is 1. The molecule has 10 aromatic rings. The van der Waals surface area contributed by atoms with Crippen LogP contribution in [0.15, 0.2) is 150 Å². The van der Waals surface area contributed by atoms with Gasteiger partial charge < -0.3 is 9.13 Å². The number of H-pyrrole nitrogens is 1. The molecular formula is C42H33IN8O6. The first kappa shape index (κ1) is 36.9. The summed E-state index contributed by atoms with van der Waals surface area (Å²) in [7, 11) is 5.58. The SMILES string of the molecule is CI.Cn1c(-c2ccc(-n3c(=O)ccc4c3c3ccccc3n4C)cc2)noc1=O.Cn1c2ccccc2c2c1ccc(=O)n2-c1ccc(-c2noc(=O)[nH]2)cc1. The van der Waals surface area contributed by atoms with Crippen LogP contribution in [0.2, 0.25) is 0 Å². The number of fused-ring (bicyclic) bond motifs is 6. The third-order valence-corrected chi connectivity index (χ3v) is 9.93. The summed E-state index contributed by atoms with van der Waals surface area (Å²) in [6, 6.07) is 37.4. The Hall–Kier alpha value is -7.01. The molecule has 6 heterocycles. The maximum absolute atomic E-state index is 12.8. The molecule has 0 unspecified atom stereocenters. The molecule has 0 atom stereocenters. The van der Waals surface area contributed by atoms with E-state index in [2.05, 4.69) is 51.5 Å². The second-order valence-electron chi connectivity index (χ2n) is 13.0. The summed E-state index contributed by atoms with van der Waals surface area (Å²) in [4.78, 5) is 52.6. The quantitative estimate of drug-likeness (QED) is 0.151. The van der Waals surface area contributed by atoms with Gasteiger partial charge in [0.05, 0.1) is 33.1 Å². The number of aromatic nitrogens is 8. The lowest BCUT2D eigenvalue weighted by Crippen LogP contribution is -2.17. The standard InChI is InChI=1S/C21H16N4O3.C20H14N4O3.CH3I/c1-23-16-6-4-3-5-15(16)19-17(23)11-12-18(26)25(19)14-9-7-13(8-10-14)20-22-28-21(27)24(20)2;1-23-15-5-3-2-4-14(15)18-16(23)10-11-17(25)24(18)13-8-6-12(7-9-13)19-21-20(26)27-22-19;1-2/h3-12H,1-2H3;2-11H,1H3,(H,21,22,26);1H3. The van der Waals surface area contributed by atoms with Gasteiger partial charge in [-0.3, -0.25) is 37.3 Å². The van der Waals surface area contributed by atoms with E-state index in [4.69, 9.17) is 4.52 Å². The van der Waals surface area contributed by atoms with Gasteiger partial charge >= 0.3 is 11.5 Å². The number of rotatable bonds is 4. The van der Waals surface area contributed by atoms with Gasteiger partial charge in [-0.25, -0.2) is 9.59 Å². The number of aryl methyl sites for hydroxylation is 2. The molecule has 0 saturated heterocycles. The first-order valence-corrected chi connectivity index (χ1v) is 19.7. The lowest BCUT2D eigenvalue weighted by Gasteiger charge is -2.09. The summed E-state index contributed by atoms with van der Waals surface area (Å²) in [6.45, 7) is 0. The van der Waals surface area contributed by atoms with Crippen LogP contribution in [-0.4, -0.2) is 43.1 Å². The van der Waals surface area contributed by atoms with E-state index in [0.717, 1.165) is 60.8 Å². The zero-order valence-electron chi connectivity index (χ0n) is 31.0. The molecule has 0 radical (unpaired) electrons. The molecule has 0 amide bonds. The fourth-order valence-electron chi connectivity index (χ4n) is 7.24. The fraction of sp³-hybridized carbons (Fsp3) is 0.0952. The Kier molecular flexibility index (Phi) is 9.66. The molecule has 0 fully saturated rings. The van der Waals surface area contributed by atoms with Crippen LogP contribution in [-0.2, 0) is 21.1 Å². The summed E-state index contributed by atoms with van der Waals surface area (Å²) in [5.74, 6) is -0.337. The highest BCUT2D eigenvalue weighted by molar-refractivity contribution is 14.1. The highest BCUT2D eigenvalue weighted by Crippen LogP contribution is 2.30. The van der Waals surface area contributed by atoms with E-state index in [1.165, 1.54) is 4.57 Å². The molecular weight excluding hydrogens is 839 g/mol. The van der Waals surface area contributed by atoms with Crippen molar-refractivity contribution in [3.63, 3.8) is 0 Å². The number of nitrogens with zero attached hydrogens (tertiary/aromatic N) is 7. The zero-order valence-corrected chi connectivity index (χ0v) is 33.2. The topological polar surface area (TPSA) is 161 Å². The van der Waals surface area contributed by atoms with Crippen molar-refractivity contribution in [1.82, 2.24) is 38.1 Å². The number of pyridine rings is 2. The second kappa shape index (κ2) is 14.9. The third kappa shape index (κ3) is 6.30. The Bertz CT molecular complexity index is 3340. The van der Waals surface area contributed by atoms with E-state index in [9.17, 15) is 19.2 Å². The molecule has 57 heavy (non-hydrogen) atoms. The molecule has 14 nitrogen and oxygen atoms in total. The van der Waals surface area contributed by atoms with Gasteiger partial charge in [0.2, 0.25) is 0 Å². The molecule has 0 aliphatic heterocycles. The molecule has 4 aromatic carbocycles. The van der Waals surface area contributed by atoms with Crippen LogP contribution in [0.4, 0.5) is 0 Å². The van der Waals surface area contributed by atoms with Crippen molar-refractivity contribution in [3.8, 4) is 34.2 Å². The highest BCUT2D eigenvalue weighted by Gasteiger charge is 2.17. The third-order valence-electron chi connectivity index (χ3n) is 9.93. The van der Waals surface area contributed by atoms with Crippen molar-refractivity contribution in [2.45, 2.75) is 0 Å². The molecule has 15 heteroatoms. The van der Waals surface area contributed by atoms with Crippen molar-refractivity contribution < 1.29 is 9.05 Å². The minimum Gasteiger partial charge on any atom is -0.342 e. The summed E-state index contributed by atoms with van der Waals surface area (Å²) in [5, 5.41) is 9.51. The van der Waals surface area contributed by atoms with E-state index < -0.39 is 11.5 Å². The van der Waals surface area contributed by atoms with Crippen LogP contribution in [0.3, 0.4) is 0 Å². The Morgan fingerprint density at radius 3 is 1.42 bits per heavy atom. The van der Waals surface area contributed by atoms with Crippen LogP contribution >= 0.6 is 22.6 Å². The van der Waals surface area contributed by atoms with Crippen molar-refractivity contribution in [3.05, 3.63) is 163 Å². The zero-order chi connectivity index (χ0) is 40.0. The average Bonchev–Trinajstić information content (AvgIpc) is 3.99. The molecule has 10 rings (SSSR count). The van der Waals surface area contributed by atoms with Gasteiger partial charge in [-0.2, -0.15) is 0 Å². The van der Waals surface area contributed by atoms with E-state index in [1.807, 2.05) is 116 Å². The largest absolute Gasteiger partial charge is 0.441 e. The number of para-hydroxylation sites is 2. The summed E-state index contributed by atoms with van der Waals surface area (Å²) in [5.41, 5.74) is 8.49. The van der Waals surface area contributed by atoms with E-state index in [-0.39, 0.29) is 11.1 Å². The van der Waals surface area contributed by atoms with Crippen LogP contribution in [0.25, 0.3) is 78.0 Å². The van der Waals surface area contributed by atoms with Crippen LogP contribution in [0.5, 0.6) is 0 Å². The first-order valence-electron chi connectivity index (χ1n) is 17.6. The maximum Gasteiger partial charge on any atom is 0.441 e. The van der Waals surface area contributed by atoms with Crippen LogP contribution < -0.4 is 22.6 Å². The molecule has 0 aliphatic carbocycles. The van der Waals surface area contributed by atoms with Crippen molar-refractivity contribution >= 4 is 66.5 Å². The minimum atomic E-state index is -0.606. The van der Waals surface area contributed by atoms with E-state index in [1.54, 1.807) is 40.4 Å². The molecule has 6 aromatic heterocycles. The Morgan fingerprint density at radius 2 is 0.982 bits per heavy atom. The number of alkyl halides is 1. The predicted molar refractivity (Wildman–Crippen MR) is 229 cm³/mol. The molecule has 0 bridgehead atoms. The normalized spacial score (nSPS) is 11.2. The minimum absolute atomic E-state index is 0.106. The Balaban J connectivity index is 0.000000153.